The highest BCUT2D eigenvalue weighted by molar-refractivity contribution is 7.91. The lowest BCUT2D eigenvalue weighted by molar-refractivity contribution is 0.123. The third-order valence-corrected chi connectivity index (χ3v) is 4.09. The van der Waals surface area contributed by atoms with Crippen LogP contribution in [-0.2, 0) is 14.7 Å². The molecule has 1 fully saturated rings. The first-order chi connectivity index (χ1) is 5.64. The Labute approximate surface area is 73.0 Å². The molecule has 1 unspecified atom stereocenters. The van der Waals surface area contributed by atoms with Crippen LogP contribution in [0, 0.1) is 5.92 Å². The van der Waals surface area contributed by atoms with Gasteiger partial charge in [0.2, 0.25) is 0 Å². The van der Waals surface area contributed by atoms with E-state index >= 15 is 0 Å². The van der Waals surface area contributed by atoms with Crippen molar-refractivity contribution in [2.24, 2.45) is 11.8 Å². The molecule has 2 N–H and O–H groups in total. The summed E-state index contributed by atoms with van der Waals surface area (Å²) in [6, 6.07) is 0. The number of sulfone groups is 1. The maximum absolute atomic E-state index is 11.2. The fourth-order valence-corrected chi connectivity index (χ4v) is 3.40. The van der Waals surface area contributed by atoms with Gasteiger partial charge in [-0.3, -0.25) is 0 Å². The van der Waals surface area contributed by atoms with E-state index in [1.807, 2.05) is 0 Å². The summed E-state index contributed by atoms with van der Waals surface area (Å²) >= 11 is 0. The molecule has 0 bridgehead atoms. The highest BCUT2D eigenvalue weighted by Gasteiger charge is 2.24. The Balaban J connectivity index is 2.36. The molecule has 0 aromatic heterocycles. The fourth-order valence-electron chi connectivity index (χ4n) is 1.58. The van der Waals surface area contributed by atoms with E-state index in [9.17, 15) is 8.42 Å². The van der Waals surface area contributed by atoms with E-state index in [2.05, 4.69) is 4.84 Å². The van der Waals surface area contributed by atoms with Gasteiger partial charge >= 0.3 is 0 Å². The summed E-state index contributed by atoms with van der Waals surface area (Å²) in [5.74, 6) is 5.79. The van der Waals surface area contributed by atoms with Crippen molar-refractivity contribution in [2.75, 3.05) is 18.1 Å². The standard InChI is InChI=1S/C7H15NO3S/c8-11-4-3-7-2-1-5-12(9,10)6-7/h7H,1-6,8H2. The zero-order valence-corrected chi connectivity index (χ0v) is 7.85. The summed E-state index contributed by atoms with van der Waals surface area (Å²) in [4.78, 5) is 4.42. The molecule has 1 aliphatic heterocycles. The number of hydrogen-bond acceptors (Lipinski definition) is 4. The van der Waals surface area contributed by atoms with Crippen LogP contribution in [0.5, 0.6) is 0 Å². The summed E-state index contributed by atoms with van der Waals surface area (Å²) in [6.45, 7) is 0.459. The third-order valence-electron chi connectivity index (χ3n) is 2.20. The van der Waals surface area contributed by atoms with Crippen LogP contribution in [0.1, 0.15) is 19.3 Å². The molecule has 0 radical (unpaired) electrons. The van der Waals surface area contributed by atoms with Gasteiger partial charge in [-0.05, 0) is 25.2 Å². The van der Waals surface area contributed by atoms with E-state index in [1.54, 1.807) is 0 Å². The molecule has 1 aliphatic rings. The molecule has 5 heteroatoms. The van der Waals surface area contributed by atoms with Gasteiger partial charge in [0.25, 0.3) is 0 Å². The molecule has 0 aromatic rings. The maximum atomic E-state index is 11.2. The van der Waals surface area contributed by atoms with Gasteiger partial charge in [0.05, 0.1) is 18.1 Å². The predicted octanol–water partition coefficient (Wildman–Crippen LogP) is 0.0916. The molecule has 0 saturated carbocycles. The van der Waals surface area contributed by atoms with Gasteiger partial charge in [-0.2, -0.15) is 0 Å². The molecule has 12 heavy (non-hydrogen) atoms. The normalized spacial score (nSPS) is 28.6. The first-order valence-corrected chi connectivity index (χ1v) is 5.98. The third kappa shape index (κ3) is 3.08. The fraction of sp³-hybridized carbons (Fsp3) is 1.00. The van der Waals surface area contributed by atoms with Crippen LogP contribution in [-0.4, -0.2) is 26.5 Å². The molecule has 0 aliphatic carbocycles. The minimum Gasteiger partial charge on any atom is -0.305 e. The SMILES string of the molecule is NOCCC1CCCS(=O)(=O)C1. The molecule has 1 saturated heterocycles. The van der Waals surface area contributed by atoms with E-state index in [1.165, 1.54) is 0 Å². The van der Waals surface area contributed by atoms with E-state index in [4.69, 9.17) is 5.90 Å². The Morgan fingerprint density at radius 1 is 1.50 bits per heavy atom. The van der Waals surface area contributed by atoms with Crippen LogP contribution >= 0.6 is 0 Å². The number of rotatable bonds is 3. The zero-order valence-electron chi connectivity index (χ0n) is 7.03. The molecule has 0 spiro atoms. The Hall–Kier alpha value is -0.130. The van der Waals surface area contributed by atoms with Gasteiger partial charge in [-0.1, -0.05) is 0 Å². The van der Waals surface area contributed by atoms with Gasteiger partial charge in [0.1, 0.15) is 0 Å². The summed E-state index contributed by atoms with van der Waals surface area (Å²) in [7, 11) is -2.76. The zero-order chi connectivity index (χ0) is 9.03. The molecule has 0 amide bonds. The van der Waals surface area contributed by atoms with Crippen LogP contribution in [0.4, 0.5) is 0 Å². The van der Waals surface area contributed by atoms with E-state index in [0.717, 1.165) is 19.3 Å². The Kier molecular flexibility index (Phi) is 3.49. The second-order valence-electron chi connectivity index (χ2n) is 3.28. The maximum Gasteiger partial charge on any atom is 0.150 e. The van der Waals surface area contributed by atoms with Gasteiger partial charge in [0.15, 0.2) is 9.84 Å². The second-order valence-corrected chi connectivity index (χ2v) is 5.51. The van der Waals surface area contributed by atoms with Gasteiger partial charge in [0, 0.05) is 0 Å². The van der Waals surface area contributed by atoms with Crippen LogP contribution in [0.2, 0.25) is 0 Å². The summed E-state index contributed by atoms with van der Waals surface area (Å²) < 4.78 is 22.3. The Morgan fingerprint density at radius 3 is 2.83 bits per heavy atom. The smallest absolute Gasteiger partial charge is 0.150 e. The number of hydrogen-bond donors (Lipinski definition) is 1. The molecule has 1 atom stereocenters. The molecule has 1 rings (SSSR count). The lowest BCUT2D eigenvalue weighted by Crippen LogP contribution is -2.26. The molecular formula is C7H15NO3S. The minimum atomic E-state index is -2.76. The number of nitrogens with two attached hydrogens (primary N) is 1. The lowest BCUT2D eigenvalue weighted by atomic mass is 10.0. The van der Waals surface area contributed by atoms with Crippen LogP contribution in [0.25, 0.3) is 0 Å². The van der Waals surface area contributed by atoms with Crippen molar-refractivity contribution in [1.82, 2.24) is 0 Å². The Bertz CT molecular complexity index is 225. The van der Waals surface area contributed by atoms with E-state index in [-0.39, 0.29) is 5.92 Å². The van der Waals surface area contributed by atoms with Crippen molar-refractivity contribution < 1.29 is 13.3 Å². The van der Waals surface area contributed by atoms with Gasteiger partial charge < -0.3 is 4.84 Å². The van der Waals surface area contributed by atoms with Gasteiger partial charge in [-0.25, -0.2) is 14.3 Å². The van der Waals surface area contributed by atoms with Crippen LogP contribution in [0.15, 0.2) is 0 Å². The lowest BCUT2D eigenvalue weighted by Gasteiger charge is -2.20. The van der Waals surface area contributed by atoms with Crippen molar-refractivity contribution in [1.29, 1.82) is 0 Å². The first-order valence-electron chi connectivity index (χ1n) is 4.16. The largest absolute Gasteiger partial charge is 0.305 e. The van der Waals surface area contributed by atoms with E-state index in [0.29, 0.717) is 18.1 Å². The van der Waals surface area contributed by atoms with Crippen molar-refractivity contribution in [3.8, 4) is 0 Å². The average Bonchev–Trinajstić information content (AvgIpc) is 1.99. The second kappa shape index (κ2) is 4.20. The van der Waals surface area contributed by atoms with Crippen molar-refractivity contribution >= 4 is 9.84 Å². The molecule has 1 heterocycles. The average molecular weight is 193 g/mol. The Morgan fingerprint density at radius 2 is 2.25 bits per heavy atom. The van der Waals surface area contributed by atoms with E-state index < -0.39 is 9.84 Å². The molecule has 4 nitrogen and oxygen atoms in total. The molecule has 72 valence electrons. The predicted molar refractivity (Wildman–Crippen MR) is 46.1 cm³/mol. The summed E-state index contributed by atoms with van der Waals surface area (Å²) in [5, 5.41) is 0. The van der Waals surface area contributed by atoms with Gasteiger partial charge in [-0.15, -0.1) is 0 Å². The highest BCUT2D eigenvalue weighted by atomic mass is 32.2. The molecule has 0 aromatic carbocycles. The monoisotopic (exact) mass is 193 g/mol. The van der Waals surface area contributed by atoms with Crippen molar-refractivity contribution in [2.45, 2.75) is 19.3 Å². The topological polar surface area (TPSA) is 69.4 Å². The van der Waals surface area contributed by atoms with Crippen LogP contribution < -0.4 is 5.90 Å². The molecular weight excluding hydrogens is 178 g/mol. The quantitative estimate of drug-likeness (QED) is 0.645. The highest BCUT2D eigenvalue weighted by Crippen LogP contribution is 2.20. The first kappa shape index (κ1) is 9.95. The van der Waals surface area contributed by atoms with Crippen molar-refractivity contribution in [3.05, 3.63) is 0 Å². The van der Waals surface area contributed by atoms with Crippen molar-refractivity contribution in [3.63, 3.8) is 0 Å². The summed E-state index contributed by atoms with van der Waals surface area (Å²) in [5.41, 5.74) is 0. The van der Waals surface area contributed by atoms with Crippen LogP contribution in [0.3, 0.4) is 0 Å². The summed E-state index contributed by atoms with van der Waals surface area (Å²) in [6.07, 6.45) is 2.54. The minimum absolute atomic E-state index is 0.257.